The molecule has 1 aromatic heterocycles. The van der Waals surface area contributed by atoms with Crippen molar-refractivity contribution in [1.82, 2.24) is 9.71 Å². The zero-order valence-corrected chi connectivity index (χ0v) is 12.6. The Balaban J connectivity index is 2.80. The highest BCUT2D eigenvalue weighted by Crippen LogP contribution is 2.20. The number of hydrogen-bond donors (Lipinski definition) is 2. The van der Waals surface area contributed by atoms with Crippen molar-refractivity contribution < 1.29 is 13.3 Å². The number of nitrogens with zero attached hydrogens (tertiary/aromatic N) is 2. The Bertz CT molecular complexity index is 613. The second-order valence-electron chi connectivity index (χ2n) is 5.22. The van der Waals surface area contributed by atoms with Gasteiger partial charge in [0.15, 0.2) is 0 Å². The molecule has 0 atom stereocenters. The number of nitrogens with one attached hydrogen (secondary N) is 2. The van der Waals surface area contributed by atoms with E-state index in [1.807, 2.05) is 0 Å². The molecule has 1 heterocycles. The van der Waals surface area contributed by atoms with Crippen molar-refractivity contribution in [2.75, 3.05) is 18.1 Å². The van der Waals surface area contributed by atoms with Crippen LogP contribution in [0, 0.1) is 17.0 Å². The van der Waals surface area contributed by atoms with Crippen molar-refractivity contribution in [2.24, 2.45) is 0 Å². The summed E-state index contributed by atoms with van der Waals surface area (Å²) in [5.74, 6) is 0.325. The van der Waals surface area contributed by atoms with Gasteiger partial charge in [-0.3, -0.25) is 10.1 Å². The average molecular weight is 302 g/mol. The molecule has 0 spiro atoms. The van der Waals surface area contributed by atoms with Crippen molar-refractivity contribution >= 4 is 21.5 Å². The molecule has 0 unspecified atom stereocenters. The third-order valence-corrected chi connectivity index (χ3v) is 3.37. The first-order valence-corrected chi connectivity index (χ1v) is 7.73. The van der Waals surface area contributed by atoms with Gasteiger partial charge in [-0.15, -0.1) is 0 Å². The molecule has 8 nitrogen and oxygen atoms in total. The Morgan fingerprint density at radius 3 is 2.55 bits per heavy atom. The van der Waals surface area contributed by atoms with E-state index in [0.717, 1.165) is 6.26 Å². The fraction of sp³-hybridized carbons (Fsp3) is 0.545. The lowest BCUT2D eigenvalue weighted by Gasteiger charge is -2.25. The number of nitro groups is 1. The van der Waals surface area contributed by atoms with Crippen molar-refractivity contribution in [1.29, 1.82) is 0 Å². The highest BCUT2D eigenvalue weighted by molar-refractivity contribution is 7.88. The zero-order valence-electron chi connectivity index (χ0n) is 11.8. The van der Waals surface area contributed by atoms with E-state index in [1.54, 1.807) is 20.8 Å². The Kier molecular flexibility index (Phi) is 4.66. The second-order valence-corrected chi connectivity index (χ2v) is 6.97. The molecule has 0 aliphatic carbocycles. The van der Waals surface area contributed by atoms with Gasteiger partial charge in [-0.1, -0.05) is 0 Å². The van der Waals surface area contributed by atoms with Crippen LogP contribution in [0.2, 0.25) is 0 Å². The number of aryl methyl sites for hydroxylation is 1. The van der Waals surface area contributed by atoms with Gasteiger partial charge in [-0.05, 0) is 20.8 Å². The van der Waals surface area contributed by atoms with Crippen LogP contribution in [-0.2, 0) is 10.0 Å². The molecule has 0 fully saturated rings. The van der Waals surface area contributed by atoms with Crippen LogP contribution in [0.15, 0.2) is 12.3 Å². The van der Waals surface area contributed by atoms with Crippen molar-refractivity contribution in [3.05, 3.63) is 27.9 Å². The van der Waals surface area contributed by atoms with Crippen molar-refractivity contribution in [3.8, 4) is 0 Å². The largest absolute Gasteiger partial charge is 0.368 e. The molecule has 1 aromatic rings. The standard InChI is InChI=1S/C11H18N4O4S/c1-8-6-12-10(5-9(8)15(16)17)13-7-11(2,3)14-20(4,18)19/h5-6,14H,7H2,1-4H3,(H,12,13). The van der Waals surface area contributed by atoms with Gasteiger partial charge in [-0.2, -0.15) is 0 Å². The number of aromatic nitrogens is 1. The SMILES string of the molecule is Cc1cnc(NCC(C)(C)NS(C)(=O)=O)cc1[N+](=O)[O-]. The van der Waals surface area contributed by atoms with E-state index in [2.05, 4.69) is 15.0 Å². The monoisotopic (exact) mass is 302 g/mol. The molecular weight excluding hydrogens is 284 g/mol. The molecule has 0 radical (unpaired) electrons. The lowest BCUT2D eigenvalue weighted by atomic mass is 10.1. The molecule has 1 rings (SSSR count). The average Bonchev–Trinajstić information content (AvgIpc) is 2.24. The Morgan fingerprint density at radius 2 is 2.05 bits per heavy atom. The van der Waals surface area contributed by atoms with Gasteiger partial charge in [0.05, 0.1) is 17.2 Å². The lowest BCUT2D eigenvalue weighted by molar-refractivity contribution is -0.385. The first-order valence-electron chi connectivity index (χ1n) is 5.84. The topological polar surface area (TPSA) is 114 Å². The maximum Gasteiger partial charge on any atom is 0.277 e. The summed E-state index contributed by atoms with van der Waals surface area (Å²) in [6.07, 6.45) is 2.47. The highest BCUT2D eigenvalue weighted by atomic mass is 32.2. The molecule has 20 heavy (non-hydrogen) atoms. The fourth-order valence-corrected chi connectivity index (χ4v) is 2.73. The quantitative estimate of drug-likeness (QED) is 0.599. The van der Waals surface area contributed by atoms with Crippen molar-refractivity contribution in [2.45, 2.75) is 26.3 Å². The van der Waals surface area contributed by atoms with E-state index in [-0.39, 0.29) is 12.2 Å². The molecule has 0 aliphatic heterocycles. The Labute approximate surface area is 117 Å². The van der Waals surface area contributed by atoms with Crippen LogP contribution in [0.5, 0.6) is 0 Å². The first-order chi connectivity index (χ1) is 9.00. The van der Waals surface area contributed by atoms with Crippen LogP contribution in [0.25, 0.3) is 0 Å². The smallest absolute Gasteiger partial charge is 0.277 e. The van der Waals surface area contributed by atoms with Crippen LogP contribution < -0.4 is 10.0 Å². The predicted octanol–water partition coefficient (Wildman–Crippen LogP) is 1.04. The minimum absolute atomic E-state index is 0.0311. The molecule has 0 aromatic carbocycles. The summed E-state index contributed by atoms with van der Waals surface area (Å²) in [6, 6.07) is 1.33. The van der Waals surface area contributed by atoms with Gasteiger partial charge in [0.2, 0.25) is 10.0 Å². The summed E-state index contributed by atoms with van der Waals surface area (Å²) in [5.41, 5.74) is -0.306. The molecule has 0 aliphatic rings. The Morgan fingerprint density at radius 1 is 1.45 bits per heavy atom. The van der Waals surface area contributed by atoms with Crippen LogP contribution in [0.3, 0.4) is 0 Å². The number of sulfonamides is 1. The van der Waals surface area contributed by atoms with Gasteiger partial charge in [-0.25, -0.2) is 18.1 Å². The molecule has 2 N–H and O–H groups in total. The summed E-state index contributed by atoms with van der Waals surface area (Å²) in [5, 5.41) is 13.7. The van der Waals surface area contributed by atoms with Crippen LogP contribution in [-0.4, -0.2) is 36.7 Å². The normalized spacial score (nSPS) is 12.2. The number of rotatable bonds is 6. The molecule has 0 saturated heterocycles. The van der Waals surface area contributed by atoms with Gasteiger partial charge in [0.1, 0.15) is 5.82 Å². The fourth-order valence-electron chi connectivity index (χ4n) is 1.66. The van der Waals surface area contributed by atoms with Gasteiger partial charge < -0.3 is 5.32 Å². The van der Waals surface area contributed by atoms with Gasteiger partial charge >= 0.3 is 0 Å². The predicted molar refractivity (Wildman–Crippen MR) is 76.2 cm³/mol. The number of pyridine rings is 1. The minimum atomic E-state index is -3.33. The maximum atomic E-state index is 11.2. The van der Waals surface area contributed by atoms with Crippen LogP contribution in [0.4, 0.5) is 11.5 Å². The van der Waals surface area contributed by atoms with E-state index in [4.69, 9.17) is 0 Å². The molecule has 112 valence electrons. The van der Waals surface area contributed by atoms with Crippen molar-refractivity contribution in [3.63, 3.8) is 0 Å². The summed E-state index contributed by atoms with van der Waals surface area (Å²) < 4.78 is 24.9. The Hall–Kier alpha value is -1.74. The molecule has 0 saturated carbocycles. The minimum Gasteiger partial charge on any atom is -0.368 e. The molecule has 0 bridgehead atoms. The van der Waals surface area contributed by atoms with Gasteiger partial charge in [0, 0.05) is 23.8 Å². The molecule has 9 heteroatoms. The summed E-state index contributed by atoms with van der Waals surface area (Å²) in [6.45, 7) is 5.24. The highest BCUT2D eigenvalue weighted by Gasteiger charge is 2.22. The zero-order chi connectivity index (χ0) is 15.6. The maximum absolute atomic E-state index is 11.2. The van der Waals surface area contributed by atoms with Gasteiger partial charge in [0.25, 0.3) is 5.69 Å². The molecule has 0 amide bonds. The summed E-state index contributed by atoms with van der Waals surface area (Å²) >= 11 is 0. The third kappa shape index (κ3) is 5.10. The van der Waals surface area contributed by atoms with E-state index in [9.17, 15) is 18.5 Å². The van der Waals surface area contributed by atoms with E-state index in [0.29, 0.717) is 11.4 Å². The van der Waals surface area contributed by atoms with E-state index < -0.39 is 20.5 Å². The second kappa shape index (κ2) is 5.71. The third-order valence-electron chi connectivity index (χ3n) is 2.44. The number of anilines is 1. The van der Waals surface area contributed by atoms with Crippen LogP contribution in [0.1, 0.15) is 19.4 Å². The summed E-state index contributed by atoms with van der Waals surface area (Å²) in [7, 11) is -3.33. The number of hydrogen-bond acceptors (Lipinski definition) is 6. The first kappa shape index (κ1) is 16.3. The van der Waals surface area contributed by atoms with E-state index >= 15 is 0 Å². The lowest BCUT2D eigenvalue weighted by Crippen LogP contribution is -2.47. The molecular formula is C11H18N4O4S. The van der Waals surface area contributed by atoms with Crippen LogP contribution >= 0.6 is 0 Å². The van der Waals surface area contributed by atoms with E-state index in [1.165, 1.54) is 12.3 Å². The summed E-state index contributed by atoms with van der Waals surface area (Å²) in [4.78, 5) is 14.4.